The third-order valence-corrected chi connectivity index (χ3v) is 1.63. The highest BCUT2D eigenvalue weighted by Gasteiger charge is 2.15. The topological polar surface area (TPSA) is 72.3 Å². The molecular weight excluding hydrogens is 190 g/mol. The standard InChI is InChI=1S/C6H12N2O.2C2H6.CH5N/c7-5-6(9)8-3-1-2-4-8;3*1-2/h1-5,7H2;2*1-2H3;2H2,1H3. The zero-order valence-electron chi connectivity index (χ0n) is 11.0. The molecule has 1 fully saturated rings. The lowest BCUT2D eigenvalue weighted by atomic mass is 10.4. The number of likely N-dealkylation sites (tertiary alicyclic amines) is 1. The summed E-state index contributed by atoms with van der Waals surface area (Å²) >= 11 is 0. The number of nitrogens with zero attached hydrogens (tertiary/aromatic N) is 1. The maximum absolute atomic E-state index is 10.8. The average Bonchev–Trinajstić information content (AvgIpc) is 2.89. The Morgan fingerprint density at radius 1 is 1.07 bits per heavy atom. The second kappa shape index (κ2) is 19.0. The minimum atomic E-state index is 0.0903. The second-order valence-corrected chi connectivity index (χ2v) is 2.29. The molecule has 4 heteroatoms. The monoisotopic (exact) mass is 219 g/mol. The summed E-state index contributed by atoms with van der Waals surface area (Å²) in [6.07, 6.45) is 2.29. The fraction of sp³-hybridized carbons (Fsp3) is 0.909. The van der Waals surface area contributed by atoms with Crippen LogP contribution in [0.1, 0.15) is 40.5 Å². The van der Waals surface area contributed by atoms with Gasteiger partial charge in [-0.2, -0.15) is 0 Å². The summed E-state index contributed by atoms with van der Waals surface area (Å²) in [6, 6.07) is 0. The van der Waals surface area contributed by atoms with Gasteiger partial charge < -0.3 is 16.4 Å². The number of hydrogen-bond donors (Lipinski definition) is 2. The Morgan fingerprint density at radius 2 is 1.40 bits per heavy atom. The van der Waals surface area contributed by atoms with Crippen LogP contribution in [0.3, 0.4) is 0 Å². The molecular formula is C11H29N3O. The highest BCUT2D eigenvalue weighted by Crippen LogP contribution is 2.05. The first kappa shape index (κ1) is 19.9. The molecule has 15 heavy (non-hydrogen) atoms. The number of amides is 1. The molecule has 0 aliphatic carbocycles. The van der Waals surface area contributed by atoms with Gasteiger partial charge in [-0.05, 0) is 19.9 Å². The molecule has 4 nitrogen and oxygen atoms in total. The van der Waals surface area contributed by atoms with E-state index in [1.54, 1.807) is 0 Å². The maximum Gasteiger partial charge on any atom is 0.236 e. The lowest BCUT2D eigenvalue weighted by molar-refractivity contribution is -0.128. The van der Waals surface area contributed by atoms with Crippen LogP contribution in [-0.4, -0.2) is 37.5 Å². The first-order chi connectivity index (χ1) is 7.34. The summed E-state index contributed by atoms with van der Waals surface area (Å²) in [5.41, 5.74) is 9.66. The second-order valence-electron chi connectivity index (χ2n) is 2.29. The smallest absolute Gasteiger partial charge is 0.236 e. The molecule has 1 amide bonds. The largest absolute Gasteiger partial charge is 0.342 e. The third-order valence-electron chi connectivity index (χ3n) is 1.63. The van der Waals surface area contributed by atoms with Crippen molar-refractivity contribution in [3.05, 3.63) is 0 Å². The van der Waals surface area contributed by atoms with Gasteiger partial charge in [0.1, 0.15) is 0 Å². The summed E-state index contributed by atoms with van der Waals surface area (Å²) < 4.78 is 0. The molecule has 0 saturated carbocycles. The molecule has 0 aromatic rings. The van der Waals surface area contributed by atoms with Crippen molar-refractivity contribution in [3.63, 3.8) is 0 Å². The van der Waals surface area contributed by atoms with Crippen LogP contribution in [0.2, 0.25) is 0 Å². The minimum absolute atomic E-state index is 0.0903. The molecule has 0 unspecified atom stereocenters. The number of rotatable bonds is 1. The highest BCUT2D eigenvalue weighted by molar-refractivity contribution is 5.78. The number of nitrogens with two attached hydrogens (primary N) is 2. The van der Waals surface area contributed by atoms with E-state index in [-0.39, 0.29) is 12.5 Å². The van der Waals surface area contributed by atoms with Gasteiger partial charge in [0, 0.05) is 13.1 Å². The van der Waals surface area contributed by atoms with Gasteiger partial charge in [0.05, 0.1) is 6.54 Å². The normalized spacial score (nSPS) is 12.3. The molecule has 0 bridgehead atoms. The van der Waals surface area contributed by atoms with E-state index < -0.39 is 0 Å². The maximum atomic E-state index is 10.8. The minimum Gasteiger partial charge on any atom is -0.342 e. The van der Waals surface area contributed by atoms with E-state index in [2.05, 4.69) is 5.73 Å². The Kier molecular flexibility index (Phi) is 25.2. The van der Waals surface area contributed by atoms with Crippen molar-refractivity contribution in [1.82, 2.24) is 4.90 Å². The Morgan fingerprint density at radius 3 is 1.67 bits per heavy atom. The number of carbonyl (C=O) groups is 1. The fourth-order valence-corrected chi connectivity index (χ4v) is 1.10. The van der Waals surface area contributed by atoms with Gasteiger partial charge in [-0.25, -0.2) is 0 Å². The van der Waals surface area contributed by atoms with Gasteiger partial charge in [-0.15, -0.1) is 0 Å². The molecule has 1 aliphatic rings. The Balaban J connectivity index is -0.000000208. The lowest BCUT2D eigenvalue weighted by Gasteiger charge is -2.12. The molecule has 94 valence electrons. The van der Waals surface area contributed by atoms with E-state index in [0.29, 0.717) is 0 Å². The van der Waals surface area contributed by atoms with Crippen LogP contribution >= 0.6 is 0 Å². The highest BCUT2D eigenvalue weighted by atomic mass is 16.2. The Bertz CT molecular complexity index is 112. The van der Waals surface area contributed by atoms with Crippen LogP contribution in [0.4, 0.5) is 0 Å². The third kappa shape index (κ3) is 11.3. The molecule has 1 heterocycles. The van der Waals surface area contributed by atoms with E-state index in [0.717, 1.165) is 25.9 Å². The van der Waals surface area contributed by atoms with E-state index in [4.69, 9.17) is 5.73 Å². The van der Waals surface area contributed by atoms with Gasteiger partial charge in [-0.1, -0.05) is 27.7 Å². The summed E-state index contributed by atoms with van der Waals surface area (Å²) in [5.74, 6) is 0.0903. The lowest BCUT2D eigenvalue weighted by Crippen LogP contribution is -2.33. The van der Waals surface area contributed by atoms with Crippen molar-refractivity contribution >= 4 is 5.91 Å². The Labute approximate surface area is 95.0 Å². The summed E-state index contributed by atoms with van der Waals surface area (Å²) in [7, 11) is 1.50. The van der Waals surface area contributed by atoms with Crippen molar-refractivity contribution in [1.29, 1.82) is 0 Å². The summed E-state index contributed by atoms with van der Waals surface area (Å²) in [6.45, 7) is 9.99. The average molecular weight is 219 g/mol. The molecule has 1 rings (SSSR count). The van der Waals surface area contributed by atoms with E-state index >= 15 is 0 Å². The predicted molar refractivity (Wildman–Crippen MR) is 67.7 cm³/mol. The van der Waals surface area contributed by atoms with Gasteiger partial charge in [-0.3, -0.25) is 4.79 Å². The van der Waals surface area contributed by atoms with Gasteiger partial charge >= 0.3 is 0 Å². The van der Waals surface area contributed by atoms with Crippen LogP contribution < -0.4 is 11.5 Å². The summed E-state index contributed by atoms with van der Waals surface area (Å²) in [5, 5.41) is 0. The molecule has 0 aromatic heterocycles. The van der Waals surface area contributed by atoms with Crippen LogP contribution in [0, 0.1) is 0 Å². The molecule has 0 aromatic carbocycles. The zero-order valence-corrected chi connectivity index (χ0v) is 11.0. The zero-order chi connectivity index (χ0) is 12.7. The molecule has 4 N–H and O–H groups in total. The van der Waals surface area contributed by atoms with Crippen LogP contribution in [-0.2, 0) is 4.79 Å². The SMILES string of the molecule is CC.CC.CN.NCC(=O)N1CCCC1. The predicted octanol–water partition coefficient (Wildman–Crippen LogP) is 1.19. The number of hydrogen-bond acceptors (Lipinski definition) is 3. The van der Waals surface area contributed by atoms with Crippen molar-refractivity contribution < 1.29 is 4.79 Å². The van der Waals surface area contributed by atoms with Gasteiger partial charge in [0.15, 0.2) is 0 Å². The van der Waals surface area contributed by atoms with Crippen molar-refractivity contribution in [2.75, 3.05) is 26.7 Å². The van der Waals surface area contributed by atoms with Gasteiger partial charge in [0.2, 0.25) is 5.91 Å². The van der Waals surface area contributed by atoms with Gasteiger partial charge in [0.25, 0.3) is 0 Å². The Hall–Kier alpha value is -0.610. The quantitative estimate of drug-likeness (QED) is 0.696. The van der Waals surface area contributed by atoms with Crippen molar-refractivity contribution in [2.45, 2.75) is 40.5 Å². The number of carbonyl (C=O) groups excluding carboxylic acids is 1. The molecule has 1 aliphatic heterocycles. The molecule has 0 spiro atoms. The summed E-state index contributed by atoms with van der Waals surface area (Å²) in [4.78, 5) is 12.6. The van der Waals surface area contributed by atoms with Crippen molar-refractivity contribution in [2.24, 2.45) is 11.5 Å². The molecule has 0 radical (unpaired) electrons. The molecule has 1 saturated heterocycles. The van der Waals surface area contributed by atoms with Crippen molar-refractivity contribution in [3.8, 4) is 0 Å². The van der Waals surface area contributed by atoms with Crippen LogP contribution in [0.5, 0.6) is 0 Å². The molecule has 0 atom stereocenters. The van der Waals surface area contributed by atoms with E-state index in [1.165, 1.54) is 7.05 Å². The first-order valence-electron chi connectivity index (χ1n) is 5.90. The fourth-order valence-electron chi connectivity index (χ4n) is 1.10. The van der Waals surface area contributed by atoms with E-state index in [9.17, 15) is 4.79 Å². The van der Waals surface area contributed by atoms with Crippen LogP contribution in [0.25, 0.3) is 0 Å². The van der Waals surface area contributed by atoms with E-state index in [1.807, 2.05) is 32.6 Å². The van der Waals surface area contributed by atoms with Crippen LogP contribution in [0.15, 0.2) is 0 Å². The first-order valence-corrected chi connectivity index (χ1v) is 5.90.